The smallest absolute Gasteiger partial charge is 0.309 e. The largest absolute Gasteiger partial charge is 0.481 e. The van der Waals surface area contributed by atoms with Crippen molar-refractivity contribution in [3.8, 4) is 0 Å². The Kier molecular flexibility index (Phi) is 5.48. The lowest BCUT2D eigenvalue weighted by molar-refractivity contribution is -0.147. The summed E-state index contributed by atoms with van der Waals surface area (Å²) in [6.07, 6.45) is 5.85. The second-order valence-electron chi connectivity index (χ2n) is 7.71. The van der Waals surface area contributed by atoms with Gasteiger partial charge in [0.15, 0.2) is 0 Å². The molecule has 0 spiro atoms. The Hall–Kier alpha value is -1.81. The van der Waals surface area contributed by atoms with Gasteiger partial charge in [0.1, 0.15) is 0 Å². The van der Waals surface area contributed by atoms with Crippen LogP contribution < -0.4 is 4.90 Å². The summed E-state index contributed by atoms with van der Waals surface area (Å²) in [7, 11) is 2.17. The molecule has 1 aromatic carbocycles. The van der Waals surface area contributed by atoms with Crippen LogP contribution in [0.1, 0.15) is 37.8 Å². The highest BCUT2D eigenvalue weighted by Crippen LogP contribution is 2.32. The number of fused-ring (bicyclic) bond motifs is 1. The van der Waals surface area contributed by atoms with Crippen molar-refractivity contribution in [2.24, 2.45) is 11.8 Å². The molecule has 0 radical (unpaired) electrons. The van der Waals surface area contributed by atoms with E-state index in [1.54, 1.807) is 0 Å². The average molecular weight is 342 g/mol. The molecule has 2 aliphatic rings. The Morgan fingerprint density at radius 1 is 1.36 bits per heavy atom. The SMILES string of the molecule is CCCCN(C)c1ccc2c(c1)C[C@@H](C)C(CN1CC(C(=O)O)C1)=C2. The van der Waals surface area contributed by atoms with Crippen molar-refractivity contribution in [1.29, 1.82) is 0 Å². The Labute approximate surface area is 151 Å². The normalized spacial score (nSPS) is 20.6. The van der Waals surface area contributed by atoms with Gasteiger partial charge in [0.25, 0.3) is 0 Å². The number of benzene rings is 1. The molecule has 1 fully saturated rings. The molecule has 1 saturated heterocycles. The first-order chi connectivity index (χ1) is 12.0. The van der Waals surface area contributed by atoms with Gasteiger partial charge >= 0.3 is 5.97 Å². The first-order valence-electron chi connectivity index (χ1n) is 9.47. The number of carboxylic acids is 1. The molecule has 1 heterocycles. The molecule has 0 bridgehead atoms. The van der Waals surface area contributed by atoms with E-state index in [2.05, 4.69) is 55.0 Å². The predicted octanol–water partition coefficient (Wildman–Crippen LogP) is 3.51. The third kappa shape index (κ3) is 4.06. The number of aliphatic carboxylic acids is 1. The van der Waals surface area contributed by atoms with E-state index < -0.39 is 5.97 Å². The van der Waals surface area contributed by atoms with Gasteiger partial charge in [-0.3, -0.25) is 9.69 Å². The number of hydrogen-bond acceptors (Lipinski definition) is 3. The fourth-order valence-corrected chi connectivity index (χ4v) is 3.79. The van der Waals surface area contributed by atoms with Crippen LogP contribution >= 0.6 is 0 Å². The number of rotatable bonds is 7. The highest BCUT2D eigenvalue weighted by Gasteiger charge is 2.33. The molecule has 1 aliphatic heterocycles. The molecule has 0 unspecified atom stereocenters. The Morgan fingerprint density at radius 2 is 2.12 bits per heavy atom. The van der Waals surface area contributed by atoms with Crippen LogP contribution in [0.25, 0.3) is 6.08 Å². The predicted molar refractivity (Wildman–Crippen MR) is 103 cm³/mol. The summed E-state index contributed by atoms with van der Waals surface area (Å²) in [4.78, 5) is 15.6. The van der Waals surface area contributed by atoms with Crippen LogP contribution in [0.15, 0.2) is 23.8 Å². The topological polar surface area (TPSA) is 43.8 Å². The van der Waals surface area contributed by atoms with Gasteiger partial charge in [-0.25, -0.2) is 0 Å². The number of hydrogen-bond donors (Lipinski definition) is 1. The fourth-order valence-electron chi connectivity index (χ4n) is 3.79. The molecule has 1 aliphatic carbocycles. The minimum atomic E-state index is -0.660. The zero-order valence-corrected chi connectivity index (χ0v) is 15.7. The highest BCUT2D eigenvalue weighted by atomic mass is 16.4. The van der Waals surface area contributed by atoms with Gasteiger partial charge in [-0.15, -0.1) is 0 Å². The zero-order chi connectivity index (χ0) is 18.0. The molecule has 0 aromatic heterocycles. The Balaban J connectivity index is 1.67. The third-order valence-electron chi connectivity index (χ3n) is 5.63. The van der Waals surface area contributed by atoms with E-state index in [-0.39, 0.29) is 5.92 Å². The van der Waals surface area contributed by atoms with Gasteiger partial charge in [-0.1, -0.05) is 38.0 Å². The lowest BCUT2D eigenvalue weighted by Crippen LogP contribution is -2.51. The van der Waals surface area contributed by atoms with E-state index in [9.17, 15) is 4.79 Å². The number of anilines is 1. The lowest BCUT2D eigenvalue weighted by atomic mass is 9.83. The van der Waals surface area contributed by atoms with Crippen molar-refractivity contribution >= 4 is 17.7 Å². The summed E-state index contributed by atoms with van der Waals surface area (Å²) in [5, 5.41) is 9.02. The van der Waals surface area contributed by atoms with Gasteiger partial charge in [0.05, 0.1) is 5.92 Å². The van der Waals surface area contributed by atoms with Crippen molar-refractivity contribution in [2.45, 2.75) is 33.1 Å². The summed E-state index contributed by atoms with van der Waals surface area (Å²) < 4.78 is 0. The van der Waals surface area contributed by atoms with Gasteiger partial charge in [0.2, 0.25) is 0 Å². The molecular formula is C21H30N2O2. The summed E-state index contributed by atoms with van der Waals surface area (Å²) in [6.45, 7) is 7.90. The van der Waals surface area contributed by atoms with Crippen LogP contribution in [0.5, 0.6) is 0 Å². The molecule has 136 valence electrons. The number of nitrogens with zero attached hydrogens (tertiary/aromatic N) is 2. The molecular weight excluding hydrogens is 312 g/mol. The standard InChI is InChI=1S/C21H30N2O2/c1-4-5-8-22(3)20-7-6-16-10-18(15(2)9-17(16)11-20)12-23-13-19(14-23)21(24)25/h6-7,10-11,15,19H,4-5,8-9,12-14H2,1-3H3,(H,24,25)/t15-/m1/s1. The van der Waals surface area contributed by atoms with Crippen molar-refractivity contribution < 1.29 is 9.90 Å². The van der Waals surface area contributed by atoms with E-state index in [0.717, 1.165) is 19.5 Å². The van der Waals surface area contributed by atoms with Gasteiger partial charge < -0.3 is 10.0 Å². The molecule has 1 N–H and O–H groups in total. The molecule has 25 heavy (non-hydrogen) atoms. The second kappa shape index (κ2) is 7.61. The summed E-state index contributed by atoms with van der Waals surface area (Å²) in [5.41, 5.74) is 5.51. The van der Waals surface area contributed by atoms with E-state index in [4.69, 9.17) is 5.11 Å². The molecule has 3 rings (SSSR count). The average Bonchev–Trinajstić information content (AvgIpc) is 2.54. The van der Waals surface area contributed by atoms with E-state index in [0.29, 0.717) is 19.0 Å². The van der Waals surface area contributed by atoms with Crippen molar-refractivity contribution in [2.75, 3.05) is 38.1 Å². The number of likely N-dealkylation sites (tertiary alicyclic amines) is 1. The van der Waals surface area contributed by atoms with Gasteiger partial charge in [-0.2, -0.15) is 0 Å². The van der Waals surface area contributed by atoms with E-state index in [1.165, 1.54) is 35.2 Å². The van der Waals surface area contributed by atoms with Crippen LogP contribution in [-0.4, -0.2) is 49.2 Å². The van der Waals surface area contributed by atoms with Crippen molar-refractivity contribution in [1.82, 2.24) is 4.90 Å². The maximum atomic E-state index is 11.0. The van der Waals surface area contributed by atoms with Crippen LogP contribution in [0.2, 0.25) is 0 Å². The van der Waals surface area contributed by atoms with E-state index >= 15 is 0 Å². The molecule has 4 nitrogen and oxygen atoms in total. The molecule has 0 saturated carbocycles. The quantitative estimate of drug-likeness (QED) is 0.823. The lowest BCUT2D eigenvalue weighted by Gasteiger charge is -2.39. The monoisotopic (exact) mass is 342 g/mol. The zero-order valence-electron chi connectivity index (χ0n) is 15.7. The molecule has 0 amide bonds. The fraction of sp³-hybridized carbons (Fsp3) is 0.571. The summed E-state index contributed by atoms with van der Waals surface area (Å²) in [5.74, 6) is -0.312. The van der Waals surface area contributed by atoms with Gasteiger partial charge in [-0.05, 0) is 42.0 Å². The summed E-state index contributed by atoms with van der Waals surface area (Å²) >= 11 is 0. The Bertz CT molecular complexity index is 662. The van der Waals surface area contributed by atoms with E-state index in [1.807, 2.05) is 0 Å². The minimum Gasteiger partial charge on any atom is -0.481 e. The third-order valence-corrected chi connectivity index (χ3v) is 5.63. The van der Waals surface area contributed by atoms with Crippen molar-refractivity contribution in [3.63, 3.8) is 0 Å². The highest BCUT2D eigenvalue weighted by molar-refractivity contribution is 5.71. The molecule has 4 heteroatoms. The maximum Gasteiger partial charge on any atom is 0.309 e. The first kappa shape index (κ1) is 18.0. The van der Waals surface area contributed by atoms with Crippen LogP contribution in [-0.2, 0) is 11.2 Å². The maximum absolute atomic E-state index is 11.0. The molecule has 1 aromatic rings. The second-order valence-corrected chi connectivity index (χ2v) is 7.71. The number of carboxylic acid groups (broad SMARTS) is 1. The number of carbonyl (C=O) groups is 1. The van der Waals surface area contributed by atoms with Crippen LogP contribution in [0.3, 0.4) is 0 Å². The minimum absolute atomic E-state index is 0.173. The van der Waals surface area contributed by atoms with Crippen LogP contribution in [0.4, 0.5) is 5.69 Å². The number of unbranched alkanes of at least 4 members (excludes halogenated alkanes) is 1. The van der Waals surface area contributed by atoms with Crippen LogP contribution in [0, 0.1) is 11.8 Å². The Morgan fingerprint density at radius 3 is 2.80 bits per heavy atom. The molecule has 1 atom stereocenters. The van der Waals surface area contributed by atoms with Crippen molar-refractivity contribution in [3.05, 3.63) is 34.9 Å². The van der Waals surface area contributed by atoms with Gasteiger partial charge in [0, 0.05) is 38.9 Å². The summed E-state index contributed by atoms with van der Waals surface area (Å²) in [6, 6.07) is 6.82. The first-order valence-corrected chi connectivity index (χ1v) is 9.47.